The lowest BCUT2D eigenvalue weighted by Crippen LogP contribution is -2.23. The monoisotopic (exact) mass is 256 g/mol. The SMILES string of the molecule is CCCCCCC=C(C)C(OC(C)=O)OC(C)=O. The maximum absolute atomic E-state index is 10.9. The van der Waals surface area contributed by atoms with Crippen LogP contribution in [-0.4, -0.2) is 18.2 Å². The second-order valence-electron chi connectivity index (χ2n) is 4.35. The molecule has 0 bridgehead atoms. The average molecular weight is 256 g/mol. The van der Waals surface area contributed by atoms with E-state index < -0.39 is 18.2 Å². The third-order valence-electron chi connectivity index (χ3n) is 2.44. The molecular formula is C14H24O4. The molecule has 0 unspecified atom stereocenters. The maximum Gasteiger partial charge on any atom is 0.305 e. The molecule has 18 heavy (non-hydrogen) atoms. The molecule has 0 spiro atoms. The highest BCUT2D eigenvalue weighted by atomic mass is 16.7. The Labute approximate surface area is 109 Å². The molecule has 0 aliphatic rings. The van der Waals surface area contributed by atoms with E-state index in [1.165, 1.54) is 33.1 Å². The molecule has 0 aliphatic heterocycles. The minimum atomic E-state index is -0.883. The van der Waals surface area contributed by atoms with Crippen LogP contribution in [0.1, 0.15) is 59.8 Å². The Morgan fingerprint density at radius 1 is 1.00 bits per heavy atom. The smallest absolute Gasteiger partial charge is 0.305 e. The summed E-state index contributed by atoms with van der Waals surface area (Å²) in [5, 5.41) is 0. The second-order valence-corrected chi connectivity index (χ2v) is 4.35. The van der Waals surface area contributed by atoms with E-state index in [2.05, 4.69) is 6.92 Å². The van der Waals surface area contributed by atoms with Crippen LogP contribution in [0.4, 0.5) is 0 Å². The molecular weight excluding hydrogens is 232 g/mol. The lowest BCUT2D eigenvalue weighted by Gasteiger charge is -2.17. The van der Waals surface area contributed by atoms with Crippen LogP contribution in [0, 0.1) is 0 Å². The van der Waals surface area contributed by atoms with Gasteiger partial charge in [-0.25, -0.2) is 0 Å². The number of esters is 2. The highest BCUT2D eigenvalue weighted by Gasteiger charge is 2.16. The van der Waals surface area contributed by atoms with E-state index in [4.69, 9.17) is 9.47 Å². The average Bonchev–Trinajstić information content (AvgIpc) is 2.26. The topological polar surface area (TPSA) is 52.6 Å². The van der Waals surface area contributed by atoms with Crippen molar-refractivity contribution in [3.05, 3.63) is 11.6 Å². The van der Waals surface area contributed by atoms with E-state index in [-0.39, 0.29) is 0 Å². The normalized spacial score (nSPS) is 11.5. The summed E-state index contributed by atoms with van der Waals surface area (Å²) in [6.07, 6.45) is 6.70. The minimum Gasteiger partial charge on any atom is -0.421 e. The van der Waals surface area contributed by atoms with Gasteiger partial charge in [-0.2, -0.15) is 0 Å². The van der Waals surface area contributed by atoms with E-state index in [1.54, 1.807) is 6.92 Å². The molecule has 0 fully saturated rings. The number of hydrogen-bond donors (Lipinski definition) is 0. The molecule has 4 nitrogen and oxygen atoms in total. The summed E-state index contributed by atoms with van der Waals surface area (Å²) in [6.45, 7) is 6.56. The van der Waals surface area contributed by atoms with E-state index >= 15 is 0 Å². The number of rotatable bonds is 8. The number of carbonyl (C=O) groups excluding carboxylic acids is 2. The Bertz CT molecular complexity index is 278. The first-order chi connectivity index (χ1) is 8.47. The van der Waals surface area contributed by atoms with Gasteiger partial charge < -0.3 is 9.47 Å². The first-order valence-corrected chi connectivity index (χ1v) is 6.48. The van der Waals surface area contributed by atoms with Gasteiger partial charge in [-0.1, -0.05) is 32.3 Å². The fourth-order valence-electron chi connectivity index (χ4n) is 1.51. The Morgan fingerprint density at radius 2 is 1.56 bits per heavy atom. The van der Waals surface area contributed by atoms with Crippen LogP contribution in [-0.2, 0) is 19.1 Å². The van der Waals surface area contributed by atoms with Gasteiger partial charge in [0.25, 0.3) is 6.29 Å². The molecule has 4 heteroatoms. The molecule has 0 aliphatic carbocycles. The summed E-state index contributed by atoms with van der Waals surface area (Å²) in [7, 11) is 0. The third kappa shape index (κ3) is 8.79. The van der Waals surface area contributed by atoms with Gasteiger partial charge in [-0.15, -0.1) is 0 Å². The highest BCUT2D eigenvalue weighted by Crippen LogP contribution is 2.12. The largest absolute Gasteiger partial charge is 0.421 e. The molecule has 0 saturated carbocycles. The third-order valence-corrected chi connectivity index (χ3v) is 2.44. The highest BCUT2D eigenvalue weighted by molar-refractivity contribution is 5.68. The van der Waals surface area contributed by atoms with Gasteiger partial charge in [0.15, 0.2) is 0 Å². The Hall–Kier alpha value is -1.32. The number of unbranched alkanes of at least 4 members (excludes halogenated alkanes) is 4. The molecule has 0 aromatic carbocycles. The molecule has 0 radical (unpaired) electrons. The molecule has 0 atom stereocenters. The zero-order valence-corrected chi connectivity index (χ0v) is 11.8. The molecule has 0 aromatic rings. The number of hydrogen-bond acceptors (Lipinski definition) is 4. The summed E-state index contributed by atoms with van der Waals surface area (Å²) in [4.78, 5) is 21.8. The maximum atomic E-state index is 10.9. The van der Waals surface area contributed by atoms with E-state index in [0.29, 0.717) is 0 Å². The van der Waals surface area contributed by atoms with Crippen molar-refractivity contribution in [2.24, 2.45) is 0 Å². The number of ether oxygens (including phenoxy) is 2. The van der Waals surface area contributed by atoms with Crippen molar-refractivity contribution in [3.63, 3.8) is 0 Å². The van der Waals surface area contributed by atoms with E-state index in [0.717, 1.165) is 18.4 Å². The van der Waals surface area contributed by atoms with E-state index in [1.807, 2.05) is 6.08 Å². The number of allylic oxidation sites excluding steroid dienone is 1. The van der Waals surface area contributed by atoms with Gasteiger partial charge in [-0.05, 0) is 19.8 Å². The van der Waals surface area contributed by atoms with Crippen LogP contribution in [0.25, 0.3) is 0 Å². The first-order valence-electron chi connectivity index (χ1n) is 6.48. The van der Waals surface area contributed by atoms with Crippen LogP contribution in [0.3, 0.4) is 0 Å². The van der Waals surface area contributed by atoms with Crippen molar-refractivity contribution in [1.29, 1.82) is 0 Å². The van der Waals surface area contributed by atoms with Crippen molar-refractivity contribution < 1.29 is 19.1 Å². The van der Waals surface area contributed by atoms with Gasteiger partial charge in [0.2, 0.25) is 0 Å². The van der Waals surface area contributed by atoms with Gasteiger partial charge in [0.05, 0.1) is 0 Å². The molecule has 0 rings (SSSR count). The predicted molar refractivity (Wildman–Crippen MR) is 69.8 cm³/mol. The Kier molecular flexibility index (Phi) is 8.97. The van der Waals surface area contributed by atoms with Crippen molar-refractivity contribution in [3.8, 4) is 0 Å². The van der Waals surface area contributed by atoms with Gasteiger partial charge in [0.1, 0.15) is 0 Å². The summed E-state index contributed by atoms with van der Waals surface area (Å²) in [5.41, 5.74) is 0.761. The van der Waals surface area contributed by atoms with Crippen LogP contribution < -0.4 is 0 Å². The zero-order valence-electron chi connectivity index (χ0n) is 11.8. The summed E-state index contributed by atoms with van der Waals surface area (Å²) >= 11 is 0. The van der Waals surface area contributed by atoms with E-state index in [9.17, 15) is 9.59 Å². The van der Waals surface area contributed by atoms with Crippen LogP contribution in [0.5, 0.6) is 0 Å². The van der Waals surface area contributed by atoms with Crippen molar-refractivity contribution in [1.82, 2.24) is 0 Å². The molecule has 0 amide bonds. The summed E-state index contributed by atoms with van der Waals surface area (Å²) in [5.74, 6) is -0.917. The minimum absolute atomic E-state index is 0.458. The molecule has 0 aromatic heterocycles. The van der Waals surface area contributed by atoms with Gasteiger partial charge in [-0.3, -0.25) is 9.59 Å². The second kappa shape index (κ2) is 9.68. The van der Waals surface area contributed by atoms with Crippen molar-refractivity contribution >= 4 is 11.9 Å². The first kappa shape index (κ1) is 16.7. The van der Waals surface area contributed by atoms with Crippen molar-refractivity contribution in [2.45, 2.75) is 66.1 Å². The predicted octanol–water partition coefficient (Wildman–Crippen LogP) is 3.36. The fourth-order valence-corrected chi connectivity index (χ4v) is 1.51. The summed E-state index contributed by atoms with van der Waals surface area (Å²) < 4.78 is 9.90. The standard InChI is InChI=1S/C14H24O4/c1-5-6-7-8-9-10-11(2)14(17-12(3)15)18-13(4)16/h10,14H,5-9H2,1-4H3. The summed E-state index contributed by atoms with van der Waals surface area (Å²) in [6, 6.07) is 0. The lowest BCUT2D eigenvalue weighted by molar-refractivity contribution is -0.178. The van der Waals surface area contributed by atoms with Crippen LogP contribution >= 0.6 is 0 Å². The number of carbonyl (C=O) groups is 2. The molecule has 0 heterocycles. The van der Waals surface area contributed by atoms with Gasteiger partial charge in [0, 0.05) is 19.4 Å². The lowest BCUT2D eigenvalue weighted by atomic mass is 10.1. The van der Waals surface area contributed by atoms with Gasteiger partial charge >= 0.3 is 11.9 Å². The molecule has 0 saturated heterocycles. The fraction of sp³-hybridized carbons (Fsp3) is 0.714. The Morgan fingerprint density at radius 3 is 2.00 bits per heavy atom. The van der Waals surface area contributed by atoms with Crippen LogP contribution in [0.15, 0.2) is 11.6 Å². The molecule has 0 N–H and O–H groups in total. The zero-order chi connectivity index (χ0) is 14.0. The Balaban J connectivity index is 4.25. The van der Waals surface area contributed by atoms with Crippen LogP contribution in [0.2, 0.25) is 0 Å². The van der Waals surface area contributed by atoms with Crippen molar-refractivity contribution in [2.75, 3.05) is 0 Å². The quantitative estimate of drug-likeness (QED) is 0.289. The molecule has 104 valence electrons.